The van der Waals surface area contributed by atoms with Gasteiger partial charge in [0.25, 0.3) is 5.91 Å². The van der Waals surface area contributed by atoms with Gasteiger partial charge in [0.1, 0.15) is 23.0 Å². The van der Waals surface area contributed by atoms with Crippen molar-refractivity contribution in [2.24, 2.45) is 4.99 Å². The number of pyridine rings is 1. The third kappa shape index (κ3) is 5.99. The third-order valence-electron chi connectivity index (χ3n) is 5.98. The molecule has 0 radical (unpaired) electrons. The van der Waals surface area contributed by atoms with E-state index >= 15 is 0 Å². The number of hydrogen-bond donors (Lipinski definition) is 1. The average molecular weight is 480 g/mol. The lowest BCUT2D eigenvalue weighted by Crippen LogP contribution is -2.57. The molecule has 9 heteroatoms. The van der Waals surface area contributed by atoms with E-state index in [4.69, 9.17) is 19.9 Å². The first-order chi connectivity index (χ1) is 16.9. The van der Waals surface area contributed by atoms with Gasteiger partial charge in [0, 0.05) is 38.9 Å². The fraction of sp³-hybridized carbons (Fsp3) is 0.346. The van der Waals surface area contributed by atoms with Gasteiger partial charge in [-0.2, -0.15) is 0 Å². The first kappa shape index (κ1) is 25.8. The van der Waals surface area contributed by atoms with Crippen LogP contribution < -0.4 is 15.4 Å². The highest BCUT2D eigenvalue weighted by Gasteiger charge is 2.33. The second-order valence-corrected chi connectivity index (χ2v) is 8.08. The number of ether oxygens (including phenoxy) is 3. The molecule has 1 atom stereocenters. The molecule has 0 saturated carbocycles. The highest BCUT2D eigenvalue weighted by atomic mass is 16.5. The number of aromatic nitrogens is 1. The number of methoxy groups -OCH3 is 3. The summed E-state index contributed by atoms with van der Waals surface area (Å²) in [6, 6.07) is 11.3. The zero-order chi connectivity index (χ0) is 25.4. The molecule has 186 valence electrons. The number of carbonyl (C=O) groups excluding carboxylic acids is 1. The van der Waals surface area contributed by atoms with E-state index in [1.54, 1.807) is 44.6 Å². The van der Waals surface area contributed by atoms with Gasteiger partial charge >= 0.3 is 0 Å². The van der Waals surface area contributed by atoms with E-state index in [-0.39, 0.29) is 17.6 Å². The zero-order valence-electron chi connectivity index (χ0n) is 20.7. The number of nitrogens with two attached hydrogens (primary N) is 1. The van der Waals surface area contributed by atoms with E-state index in [2.05, 4.69) is 21.6 Å². The monoisotopic (exact) mass is 479 g/mol. The summed E-state index contributed by atoms with van der Waals surface area (Å²) in [6.07, 6.45) is 3.33. The number of benzene rings is 1. The Morgan fingerprint density at radius 1 is 1.26 bits per heavy atom. The zero-order valence-corrected chi connectivity index (χ0v) is 20.7. The molecule has 1 fully saturated rings. The van der Waals surface area contributed by atoms with E-state index in [1.807, 2.05) is 37.3 Å². The molecule has 0 spiro atoms. The largest absolute Gasteiger partial charge is 0.496 e. The minimum absolute atomic E-state index is 0.207. The Morgan fingerprint density at radius 2 is 2.00 bits per heavy atom. The number of nitrogens with zero attached hydrogens (tertiary/aromatic N) is 4. The average Bonchev–Trinajstić information content (AvgIpc) is 2.89. The molecule has 3 rings (SSSR count). The predicted octanol–water partition coefficient (Wildman–Crippen LogP) is 3.00. The molecular formula is C26H33N5O4. The molecule has 1 saturated heterocycles. The van der Waals surface area contributed by atoms with E-state index in [9.17, 15) is 4.79 Å². The van der Waals surface area contributed by atoms with Crippen molar-refractivity contribution in [3.8, 4) is 5.75 Å². The van der Waals surface area contributed by atoms with Crippen LogP contribution in [0.15, 0.2) is 65.1 Å². The molecule has 35 heavy (non-hydrogen) atoms. The van der Waals surface area contributed by atoms with Crippen LogP contribution in [0.2, 0.25) is 0 Å². The molecule has 2 heterocycles. The van der Waals surface area contributed by atoms with Crippen LogP contribution in [0.1, 0.15) is 12.5 Å². The van der Waals surface area contributed by atoms with Crippen molar-refractivity contribution in [3.05, 3.63) is 65.7 Å². The summed E-state index contributed by atoms with van der Waals surface area (Å²) in [5.74, 6) is 1.33. The lowest BCUT2D eigenvalue weighted by molar-refractivity contribution is -0.131. The molecule has 2 N–H and O–H groups in total. The van der Waals surface area contributed by atoms with Crippen LogP contribution in [0.25, 0.3) is 5.57 Å². The maximum absolute atomic E-state index is 13.6. The number of piperazine rings is 1. The van der Waals surface area contributed by atoms with Gasteiger partial charge < -0.3 is 29.7 Å². The topological polar surface area (TPSA) is 103 Å². The molecule has 2 aromatic rings. The molecule has 1 aromatic carbocycles. The Labute approximate surface area is 206 Å². The Kier molecular flexibility index (Phi) is 8.86. The Bertz CT molecular complexity index is 1100. The van der Waals surface area contributed by atoms with Gasteiger partial charge in [-0.3, -0.25) is 9.79 Å². The number of nitrogen functional groups attached to an aromatic ring is 1. The molecule has 1 amide bonds. The fourth-order valence-corrected chi connectivity index (χ4v) is 4.12. The fourth-order valence-electron chi connectivity index (χ4n) is 4.12. The van der Waals surface area contributed by atoms with Crippen LogP contribution in [0, 0.1) is 0 Å². The van der Waals surface area contributed by atoms with Crippen LogP contribution in [0.5, 0.6) is 5.75 Å². The Balaban J connectivity index is 1.87. The van der Waals surface area contributed by atoms with Crippen molar-refractivity contribution in [1.82, 2.24) is 9.88 Å². The Hall–Kier alpha value is -3.85. The minimum Gasteiger partial charge on any atom is -0.496 e. The van der Waals surface area contributed by atoms with Gasteiger partial charge in [0.05, 0.1) is 38.8 Å². The van der Waals surface area contributed by atoms with Crippen molar-refractivity contribution < 1.29 is 19.0 Å². The molecule has 0 unspecified atom stereocenters. The van der Waals surface area contributed by atoms with Crippen molar-refractivity contribution in [3.63, 3.8) is 0 Å². The molecule has 9 nitrogen and oxygen atoms in total. The Morgan fingerprint density at radius 3 is 2.63 bits per heavy atom. The second kappa shape index (κ2) is 12.0. The standard InChI is InChI=1S/C26H33N5O4/c1-18(19-9-7-6-8-10-19)23(34-4)13-21(28-2)26(32)31-12-11-30(16-20(31)17-33-3)22-15-29-25(27)14-24(22)35-5/h6-10,13-15,20H,2,11-12,16-17H2,1,3-5H3,(H2,27,29)/b21-13-,23-18-/t20-/m1/s1. The number of hydrogen-bond acceptors (Lipinski definition) is 8. The summed E-state index contributed by atoms with van der Waals surface area (Å²) >= 11 is 0. The number of anilines is 2. The summed E-state index contributed by atoms with van der Waals surface area (Å²) in [5.41, 5.74) is 8.72. The lowest BCUT2D eigenvalue weighted by atomic mass is 10.1. The first-order valence-electron chi connectivity index (χ1n) is 11.3. The van der Waals surface area contributed by atoms with Crippen molar-refractivity contribution in [1.29, 1.82) is 0 Å². The van der Waals surface area contributed by atoms with Crippen molar-refractivity contribution in [2.75, 3.05) is 58.2 Å². The highest BCUT2D eigenvalue weighted by molar-refractivity contribution is 5.95. The number of allylic oxidation sites excluding steroid dienone is 2. The summed E-state index contributed by atoms with van der Waals surface area (Å²) < 4.78 is 16.5. The van der Waals surface area contributed by atoms with Gasteiger partial charge in [0.2, 0.25) is 0 Å². The number of rotatable bonds is 9. The maximum atomic E-state index is 13.6. The highest BCUT2D eigenvalue weighted by Crippen LogP contribution is 2.31. The van der Waals surface area contributed by atoms with Crippen LogP contribution in [0.3, 0.4) is 0 Å². The van der Waals surface area contributed by atoms with Crippen molar-refractivity contribution >= 4 is 29.7 Å². The van der Waals surface area contributed by atoms with Crippen molar-refractivity contribution in [2.45, 2.75) is 13.0 Å². The second-order valence-electron chi connectivity index (χ2n) is 8.08. The SMILES string of the molecule is C=N/C(=C\C(OC)=C(/C)c1ccccc1)C(=O)N1CCN(c2cnc(N)cc2OC)C[C@@H]1COC. The summed E-state index contributed by atoms with van der Waals surface area (Å²) in [7, 11) is 4.78. The maximum Gasteiger partial charge on any atom is 0.273 e. The van der Waals surface area contributed by atoms with Crippen LogP contribution in [-0.2, 0) is 14.3 Å². The molecule has 1 aliphatic heterocycles. The number of amides is 1. The van der Waals surface area contributed by atoms with E-state index in [1.165, 1.54) is 0 Å². The van der Waals surface area contributed by atoms with Crippen LogP contribution in [-0.4, -0.2) is 76.1 Å². The quantitative estimate of drug-likeness (QED) is 0.255. The van der Waals surface area contributed by atoms with Crippen LogP contribution >= 0.6 is 0 Å². The van der Waals surface area contributed by atoms with E-state index in [0.717, 1.165) is 16.8 Å². The van der Waals surface area contributed by atoms with E-state index in [0.29, 0.717) is 43.6 Å². The number of carbonyl (C=O) groups is 1. The lowest BCUT2D eigenvalue weighted by Gasteiger charge is -2.42. The molecular weight excluding hydrogens is 446 g/mol. The van der Waals surface area contributed by atoms with Gasteiger partial charge in [-0.25, -0.2) is 4.98 Å². The molecule has 0 aliphatic carbocycles. The van der Waals surface area contributed by atoms with Gasteiger partial charge in [-0.05, 0) is 24.8 Å². The smallest absolute Gasteiger partial charge is 0.273 e. The molecule has 0 bridgehead atoms. The number of aliphatic imine (C=N–C) groups is 1. The normalized spacial score (nSPS) is 17.0. The van der Waals surface area contributed by atoms with Gasteiger partial charge in [0.15, 0.2) is 0 Å². The summed E-state index contributed by atoms with van der Waals surface area (Å²) in [4.78, 5) is 25.7. The predicted molar refractivity (Wildman–Crippen MR) is 138 cm³/mol. The van der Waals surface area contributed by atoms with Gasteiger partial charge in [-0.1, -0.05) is 30.3 Å². The molecule has 1 aliphatic rings. The van der Waals surface area contributed by atoms with Crippen LogP contribution in [0.4, 0.5) is 11.5 Å². The van der Waals surface area contributed by atoms with Gasteiger partial charge in [-0.15, -0.1) is 0 Å². The first-order valence-corrected chi connectivity index (χ1v) is 11.3. The third-order valence-corrected chi connectivity index (χ3v) is 5.98. The minimum atomic E-state index is -0.237. The summed E-state index contributed by atoms with van der Waals surface area (Å²) in [5, 5.41) is 0. The summed E-state index contributed by atoms with van der Waals surface area (Å²) in [6.45, 7) is 7.50. The van der Waals surface area contributed by atoms with E-state index < -0.39 is 0 Å². The molecule has 1 aromatic heterocycles.